The van der Waals surface area contributed by atoms with Crippen molar-refractivity contribution in [1.29, 1.82) is 0 Å². The van der Waals surface area contributed by atoms with Crippen LogP contribution in [0.4, 0.5) is 0 Å². The molecule has 0 saturated carbocycles. The second kappa shape index (κ2) is 9.75. The van der Waals surface area contributed by atoms with Gasteiger partial charge in [0.15, 0.2) is 11.6 Å². The monoisotopic (exact) mass is 577 g/mol. The number of hydrogen-bond acceptors (Lipinski definition) is 4. The van der Waals surface area contributed by atoms with Crippen molar-refractivity contribution in [2.75, 3.05) is 0 Å². The van der Waals surface area contributed by atoms with Crippen LogP contribution in [-0.2, 0) is 0 Å². The molecule has 0 aliphatic heterocycles. The van der Waals surface area contributed by atoms with Crippen LogP contribution in [0.3, 0.4) is 0 Å². The van der Waals surface area contributed by atoms with Crippen LogP contribution in [-0.4, -0.2) is 19.5 Å². The van der Waals surface area contributed by atoms with Crippen LogP contribution >= 0.6 is 0 Å². The summed E-state index contributed by atoms with van der Waals surface area (Å²) in [5.41, 5.74) is 2.02. The summed E-state index contributed by atoms with van der Waals surface area (Å²) < 4.78 is 118. The third-order valence-electron chi connectivity index (χ3n) is 7.42. The molecule has 5 nitrogen and oxygen atoms in total. The standard InChI is InChI=1S/C39H24N4O/c1-2-10-25(11-3-1)26-18-20-27(21-19-26)37-40-38(28-22-23-32-31-14-6-9-17-35(31)44-36(32)24-28)42-39(41-37)43-33-15-7-4-12-29(33)30-13-5-8-16-34(30)43/h1-24H/i1D,2D,3D,4D,5D,7D,8D,10D,11D,12D,13D,15D,16D. The van der Waals surface area contributed by atoms with Crippen LogP contribution in [0.1, 0.15) is 17.8 Å². The van der Waals surface area contributed by atoms with Crippen molar-refractivity contribution in [1.82, 2.24) is 19.5 Å². The maximum absolute atomic E-state index is 8.98. The minimum Gasteiger partial charge on any atom is -0.456 e. The van der Waals surface area contributed by atoms with E-state index in [1.54, 1.807) is 36.4 Å². The van der Waals surface area contributed by atoms with Crippen molar-refractivity contribution in [3.05, 3.63) is 145 Å². The summed E-state index contributed by atoms with van der Waals surface area (Å²) in [7, 11) is 0. The third-order valence-corrected chi connectivity index (χ3v) is 7.42. The van der Waals surface area contributed by atoms with Crippen LogP contribution in [0.2, 0.25) is 0 Å². The zero-order valence-electron chi connectivity index (χ0n) is 35.5. The zero-order chi connectivity index (χ0) is 40.3. The summed E-state index contributed by atoms with van der Waals surface area (Å²) in [6.07, 6.45) is 0. The lowest BCUT2D eigenvalue weighted by Crippen LogP contribution is -2.06. The molecule has 0 aliphatic rings. The average molecular weight is 578 g/mol. The van der Waals surface area contributed by atoms with E-state index < -0.39 is 66.5 Å². The molecule has 0 unspecified atom stereocenters. The van der Waals surface area contributed by atoms with E-state index in [-0.39, 0.29) is 57.1 Å². The number of rotatable bonds is 4. The van der Waals surface area contributed by atoms with E-state index in [2.05, 4.69) is 0 Å². The zero-order valence-corrected chi connectivity index (χ0v) is 22.5. The van der Waals surface area contributed by atoms with Crippen LogP contribution in [0.5, 0.6) is 0 Å². The lowest BCUT2D eigenvalue weighted by atomic mass is 10.0. The fraction of sp³-hybridized carbons (Fsp3) is 0. The smallest absolute Gasteiger partial charge is 0.238 e. The molecule has 0 radical (unpaired) electrons. The first-order valence-corrected chi connectivity index (χ1v) is 13.6. The van der Waals surface area contributed by atoms with E-state index in [9.17, 15) is 0 Å². The van der Waals surface area contributed by atoms with Gasteiger partial charge in [-0.25, -0.2) is 4.98 Å². The minimum absolute atomic E-state index is 0.00254. The van der Waals surface area contributed by atoms with Gasteiger partial charge in [-0.2, -0.15) is 9.97 Å². The molecule has 206 valence electrons. The summed E-state index contributed by atoms with van der Waals surface area (Å²) in [6, 6.07) is 12.5. The number of nitrogens with zero attached hydrogens (tertiary/aromatic N) is 4. The van der Waals surface area contributed by atoms with E-state index in [1.165, 1.54) is 4.57 Å². The number of benzene rings is 6. The van der Waals surface area contributed by atoms with Crippen molar-refractivity contribution in [3.8, 4) is 39.9 Å². The molecule has 0 N–H and O–H groups in total. The topological polar surface area (TPSA) is 56.7 Å². The van der Waals surface area contributed by atoms with Gasteiger partial charge in [-0.3, -0.25) is 4.57 Å². The predicted molar refractivity (Wildman–Crippen MR) is 178 cm³/mol. The van der Waals surface area contributed by atoms with E-state index in [4.69, 9.17) is 37.2 Å². The third kappa shape index (κ3) is 3.91. The maximum atomic E-state index is 8.98. The van der Waals surface area contributed by atoms with Crippen LogP contribution < -0.4 is 0 Å². The summed E-state index contributed by atoms with van der Waals surface area (Å²) in [5.74, 6) is -0.0860. The highest BCUT2D eigenvalue weighted by Gasteiger charge is 2.18. The lowest BCUT2D eigenvalue weighted by Gasteiger charge is -2.11. The molecule has 5 heteroatoms. The first-order chi connectivity index (χ1) is 27.2. The number of fused-ring (bicyclic) bond motifs is 6. The normalized spacial score (nSPS) is 15.8. The SMILES string of the molecule is [2H]c1c([2H])c([2H])c(-c2ccc(-c3nc(-c4ccc5c(c4)oc4ccccc45)nc(-n4c5c([2H])c([2H])c([2H])c([2H])c5c5c([2H])c([2H])c([2H])c([2H])c54)n3)cc2)c([2H])c1[2H]. The summed E-state index contributed by atoms with van der Waals surface area (Å²) in [6.45, 7) is 0. The molecular weight excluding hydrogens is 540 g/mol. The van der Waals surface area contributed by atoms with Gasteiger partial charge in [0.05, 0.1) is 28.9 Å². The highest BCUT2D eigenvalue weighted by atomic mass is 16.3. The molecule has 9 rings (SSSR count). The van der Waals surface area contributed by atoms with Crippen molar-refractivity contribution >= 4 is 43.7 Å². The quantitative estimate of drug-likeness (QED) is 0.209. The molecule has 3 heterocycles. The van der Waals surface area contributed by atoms with E-state index >= 15 is 0 Å². The molecule has 0 aliphatic carbocycles. The second-order valence-corrected chi connectivity index (χ2v) is 9.95. The number of furan rings is 1. The Morgan fingerprint density at radius 3 is 1.82 bits per heavy atom. The van der Waals surface area contributed by atoms with Gasteiger partial charge in [-0.05, 0) is 41.4 Å². The molecule has 0 atom stereocenters. The van der Waals surface area contributed by atoms with Crippen molar-refractivity contribution < 1.29 is 22.2 Å². The Balaban J connectivity index is 1.35. The highest BCUT2D eigenvalue weighted by molar-refractivity contribution is 6.09. The first-order valence-electron chi connectivity index (χ1n) is 20.1. The fourth-order valence-electron chi connectivity index (χ4n) is 5.39. The fourth-order valence-corrected chi connectivity index (χ4v) is 5.39. The first kappa shape index (κ1) is 14.9. The van der Waals surface area contributed by atoms with Crippen molar-refractivity contribution in [2.24, 2.45) is 0 Å². The molecule has 9 aromatic rings. The Kier molecular flexibility index (Phi) is 3.30. The van der Waals surface area contributed by atoms with Gasteiger partial charge in [-0.15, -0.1) is 0 Å². The van der Waals surface area contributed by atoms with Crippen LogP contribution in [0.15, 0.2) is 150 Å². The Morgan fingerprint density at radius 2 is 1.07 bits per heavy atom. The lowest BCUT2D eigenvalue weighted by molar-refractivity contribution is 0.669. The van der Waals surface area contributed by atoms with Gasteiger partial charge < -0.3 is 4.42 Å². The predicted octanol–water partition coefficient (Wildman–Crippen LogP) is 9.87. The molecule has 0 fully saturated rings. The summed E-state index contributed by atoms with van der Waals surface area (Å²) >= 11 is 0. The average Bonchev–Trinajstić information content (AvgIpc) is 3.79. The van der Waals surface area contributed by atoms with Crippen molar-refractivity contribution in [3.63, 3.8) is 0 Å². The second-order valence-electron chi connectivity index (χ2n) is 9.95. The van der Waals surface area contributed by atoms with Gasteiger partial charge in [0.1, 0.15) is 11.2 Å². The van der Waals surface area contributed by atoms with Gasteiger partial charge in [-0.1, -0.05) is 115 Å². The van der Waals surface area contributed by atoms with Crippen molar-refractivity contribution in [2.45, 2.75) is 0 Å². The highest BCUT2D eigenvalue weighted by Crippen LogP contribution is 2.34. The molecule has 0 saturated heterocycles. The Hall–Kier alpha value is -6.07. The number of hydrogen-bond donors (Lipinski definition) is 0. The van der Waals surface area contributed by atoms with Gasteiger partial charge >= 0.3 is 0 Å². The number of aromatic nitrogens is 4. The van der Waals surface area contributed by atoms with Gasteiger partial charge in [0.2, 0.25) is 5.95 Å². The molecule has 3 aromatic heterocycles. The van der Waals surface area contributed by atoms with Gasteiger partial charge in [0, 0.05) is 32.7 Å². The Morgan fingerprint density at radius 1 is 0.477 bits per heavy atom. The Labute approximate surface area is 271 Å². The molecule has 6 aromatic carbocycles. The molecular formula is C39H24N4O. The Bertz CT molecular complexity index is 3130. The maximum Gasteiger partial charge on any atom is 0.238 e. The van der Waals surface area contributed by atoms with Crippen LogP contribution in [0.25, 0.3) is 83.6 Å². The van der Waals surface area contributed by atoms with E-state index in [0.717, 1.165) is 10.8 Å². The molecule has 0 bridgehead atoms. The number of para-hydroxylation sites is 3. The molecule has 44 heavy (non-hydrogen) atoms. The van der Waals surface area contributed by atoms with Crippen LogP contribution in [0, 0.1) is 0 Å². The van der Waals surface area contributed by atoms with Gasteiger partial charge in [0.25, 0.3) is 0 Å². The summed E-state index contributed by atoms with van der Waals surface area (Å²) in [5, 5.41) is 1.45. The molecule has 0 spiro atoms. The summed E-state index contributed by atoms with van der Waals surface area (Å²) in [4.78, 5) is 14.3. The minimum atomic E-state index is -0.597. The largest absolute Gasteiger partial charge is 0.456 e. The van der Waals surface area contributed by atoms with E-state index in [1.807, 2.05) is 30.3 Å². The van der Waals surface area contributed by atoms with E-state index in [0.29, 0.717) is 27.9 Å². The molecule has 0 amide bonds.